The number of rotatable bonds is 5. The predicted octanol–water partition coefficient (Wildman–Crippen LogP) is 5.44. The topological polar surface area (TPSA) is 32.3 Å². The first kappa shape index (κ1) is 21.2. The number of nitrogens with one attached hydrogen (secondary N) is 1. The molecule has 0 aliphatic rings. The molecule has 1 N–H and O–H groups in total. The molecule has 0 spiro atoms. The number of hydrogen-bond acceptors (Lipinski definition) is 2. The van der Waals surface area contributed by atoms with Crippen molar-refractivity contribution in [3.8, 4) is 0 Å². The van der Waals surface area contributed by atoms with Crippen LogP contribution in [0.25, 0.3) is 0 Å². The van der Waals surface area contributed by atoms with Gasteiger partial charge in [-0.25, -0.2) is 10.4 Å². The minimum absolute atomic E-state index is 0.239. The van der Waals surface area contributed by atoms with Gasteiger partial charge >= 0.3 is 6.18 Å². The van der Waals surface area contributed by atoms with E-state index < -0.39 is 26.6 Å². The van der Waals surface area contributed by atoms with Crippen molar-refractivity contribution in [1.29, 1.82) is 0 Å². The largest absolute Gasteiger partial charge is 0.417 e. The van der Waals surface area contributed by atoms with Gasteiger partial charge in [0.2, 0.25) is 0 Å². The second-order valence-electron chi connectivity index (χ2n) is 5.49. The molecule has 1 aromatic carbocycles. The van der Waals surface area contributed by atoms with Crippen molar-refractivity contribution in [2.75, 3.05) is 7.05 Å². The lowest BCUT2D eigenvalue weighted by Gasteiger charge is -2.32. The summed E-state index contributed by atoms with van der Waals surface area (Å²) in [6.45, 7) is 5.62. The minimum atomic E-state index is -4.68. The third kappa shape index (κ3) is 4.86. The SMILES string of the molecule is CC/C=C(/N(NC)C(=O)c1c(Cl)cccc1C(F)(F)F)C(C)(C)I. The summed E-state index contributed by atoms with van der Waals surface area (Å²) in [5.74, 6) is -0.847. The smallest absolute Gasteiger partial charge is 0.267 e. The van der Waals surface area contributed by atoms with Crippen LogP contribution in [0.5, 0.6) is 0 Å². The molecule has 1 aromatic rings. The summed E-state index contributed by atoms with van der Waals surface area (Å²) in [6, 6.07) is 3.30. The lowest BCUT2D eigenvalue weighted by atomic mass is 10.0. The summed E-state index contributed by atoms with van der Waals surface area (Å²) in [7, 11) is 1.48. The normalized spacial score (nSPS) is 13.1. The first-order valence-corrected chi connectivity index (χ1v) is 8.67. The minimum Gasteiger partial charge on any atom is -0.267 e. The Bertz CT molecular complexity index is 639. The number of carbonyl (C=O) groups excluding carboxylic acids is 1. The van der Waals surface area contributed by atoms with Crippen molar-refractivity contribution in [1.82, 2.24) is 10.4 Å². The van der Waals surface area contributed by atoms with Crippen molar-refractivity contribution < 1.29 is 18.0 Å². The number of nitrogens with zero attached hydrogens (tertiary/aromatic N) is 1. The highest BCUT2D eigenvalue weighted by atomic mass is 127. The standard InChI is InChI=1S/C16H19ClF3IN2O/c1-5-7-12(15(2,3)21)23(22-4)14(24)13-10(16(18,19)20)8-6-9-11(13)17/h6-9,22H,5H2,1-4H3/b12-7+. The van der Waals surface area contributed by atoms with Crippen molar-refractivity contribution in [2.24, 2.45) is 0 Å². The van der Waals surface area contributed by atoms with Gasteiger partial charge in [-0.05, 0) is 32.4 Å². The third-order valence-corrected chi connectivity index (χ3v) is 4.07. The molecule has 134 valence electrons. The Balaban J connectivity index is 3.52. The van der Waals surface area contributed by atoms with Gasteiger partial charge in [0, 0.05) is 12.7 Å². The predicted molar refractivity (Wildman–Crippen MR) is 98.2 cm³/mol. The molecule has 24 heavy (non-hydrogen) atoms. The Hall–Kier alpha value is -0.800. The Morgan fingerprint density at radius 2 is 1.96 bits per heavy atom. The number of carbonyl (C=O) groups is 1. The van der Waals surface area contributed by atoms with E-state index in [1.54, 1.807) is 6.08 Å². The number of alkyl halides is 4. The van der Waals surface area contributed by atoms with Gasteiger partial charge in [0.25, 0.3) is 5.91 Å². The molecule has 0 aromatic heterocycles. The maximum absolute atomic E-state index is 13.3. The number of amides is 1. The molecule has 0 unspecified atom stereocenters. The molecule has 0 aliphatic heterocycles. The van der Waals surface area contributed by atoms with Crippen molar-refractivity contribution in [3.63, 3.8) is 0 Å². The summed E-state index contributed by atoms with van der Waals surface area (Å²) in [5, 5.41) is 0.879. The first-order valence-electron chi connectivity index (χ1n) is 7.22. The van der Waals surface area contributed by atoms with E-state index in [0.717, 1.165) is 11.1 Å². The molecular formula is C16H19ClF3IN2O. The maximum Gasteiger partial charge on any atom is 0.417 e. The van der Waals surface area contributed by atoms with E-state index in [2.05, 4.69) is 28.0 Å². The maximum atomic E-state index is 13.3. The van der Waals surface area contributed by atoms with Crippen molar-refractivity contribution >= 4 is 40.1 Å². The molecule has 8 heteroatoms. The van der Waals surface area contributed by atoms with Gasteiger partial charge in [0.05, 0.1) is 19.6 Å². The number of hydrazine groups is 1. The molecule has 1 rings (SSSR count). The van der Waals surface area contributed by atoms with Gasteiger partial charge in [-0.15, -0.1) is 0 Å². The van der Waals surface area contributed by atoms with Crippen molar-refractivity contribution in [2.45, 2.75) is 36.8 Å². The van der Waals surface area contributed by atoms with E-state index >= 15 is 0 Å². The quantitative estimate of drug-likeness (QED) is 0.350. The highest BCUT2D eigenvalue weighted by Gasteiger charge is 2.39. The van der Waals surface area contributed by atoms with Crippen LogP contribution in [0.4, 0.5) is 13.2 Å². The Morgan fingerprint density at radius 3 is 2.38 bits per heavy atom. The summed E-state index contributed by atoms with van der Waals surface area (Å²) in [4.78, 5) is 12.9. The summed E-state index contributed by atoms with van der Waals surface area (Å²) in [6.07, 6.45) is -2.25. The van der Waals surface area contributed by atoms with Crippen LogP contribution in [0.2, 0.25) is 5.02 Å². The Labute approximate surface area is 158 Å². The summed E-state index contributed by atoms with van der Waals surface area (Å²) >= 11 is 8.06. The van der Waals surface area contributed by atoms with E-state index in [4.69, 9.17) is 11.6 Å². The fraction of sp³-hybridized carbons (Fsp3) is 0.438. The summed E-state index contributed by atoms with van der Waals surface area (Å²) < 4.78 is 39.3. The van der Waals surface area contributed by atoms with Gasteiger partial charge in [-0.2, -0.15) is 13.2 Å². The highest BCUT2D eigenvalue weighted by Crippen LogP contribution is 2.37. The molecule has 3 nitrogen and oxygen atoms in total. The highest BCUT2D eigenvalue weighted by molar-refractivity contribution is 14.1. The average molecular weight is 475 g/mol. The molecular weight excluding hydrogens is 456 g/mol. The van der Waals surface area contributed by atoms with Crippen LogP contribution in [0.3, 0.4) is 0 Å². The molecule has 0 heterocycles. The fourth-order valence-corrected chi connectivity index (χ4v) is 2.93. The molecule has 0 saturated heterocycles. The molecule has 0 aliphatic carbocycles. The van der Waals surface area contributed by atoms with Gasteiger partial charge in [-0.3, -0.25) is 4.79 Å². The first-order chi connectivity index (χ1) is 10.9. The van der Waals surface area contributed by atoms with E-state index in [0.29, 0.717) is 12.1 Å². The van der Waals surface area contributed by atoms with Crippen LogP contribution in [0.1, 0.15) is 43.1 Å². The second kappa shape index (κ2) is 8.05. The molecule has 0 atom stereocenters. The molecule has 0 fully saturated rings. The number of hydrogen-bond donors (Lipinski definition) is 1. The van der Waals surface area contributed by atoms with E-state index in [1.807, 2.05) is 20.8 Å². The zero-order valence-electron chi connectivity index (χ0n) is 13.8. The van der Waals surface area contributed by atoms with Crippen LogP contribution in [-0.4, -0.2) is 21.4 Å². The van der Waals surface area contributed by atoms with Crippen molar-refractivity contribution in [3.05, 3.63) is 46.1 Å². The molecule has 0 bridgehead atoms. The van der Waals surface area contributed by atoms with Gasteiger partial charge in [0.1, 0.15) is 0 Å². The van der Waals surface area contributed by atoms with Crippen LogP contribution >= 0.6 is 34.2 Å². The summed E-state index contributed by atoms with van der Waals surface area (Å²) in [5.41, 5.74) is 1.62. The van der Waals surface area contributed by atoms with E-state index in [-0.39, 0.29) is 5.02 Å². The van der Waals surface area contributed by atoms with Gasteiger partial charge in [-0.1, -0.05) is 53.3 Å². The zero-order valence-corrected chi connectivity index (χ0v) is 16.7. The number of allylic oxidation sites excluding steroid dienone is 2. The van der Waals surface area contributed by atoms with Crippen LogP contribution < -0.4 is 5.43 Å². The fourth-order valence-electron chi connectivity index (χ4n) is 2.21. The zero-order chi connectivity index (χ0) is 18.7. The lowest BCUT2D eigenvalue weighted by Crippen LogP contribution is -2.45. The van der Waals surface area contributed by atoms with Crippen LogP contribution in [0, 0.1) is 0 Å². The van der Waals surface area contributed by atoms with Crippen LogP contribution in [-0.2, 0) is 6.18 Å². The van der Waals surface area contributed by atoms with E-state index in [1.165, 1.54) is 19.2 Å². The monoisotopic (exact) mass is 474 g/mol. The number of halogens is 5. The van der Waals surface area contributed by atoms with E-state index in [9.17, 15) is 18.0 Å². The van der Waals surface area contributed by atoms with Gasteiger partial charge in [0.15, 0.2) is 0 Å². The third-order valence-electron chi connectivity index (χ3n) is 3.21. The average Bonchev–Trinajstić information content (AvgIpc) is 2.44. The van der Waals surface area contributed by atoms with Crippen LogP contribution in [0.15, 0.2) is 30.0 Å². The second-order valence-corrected chi connectivity index (χ2v) is 8.60. The molecule has 0 saturated carbocycles. The number of benzene rings is 1. The van der Waals surface area contributed by atoms with Gasteiger partial charge < -0.3 is 0 Å². The Kier molecular flexibility index (Phi) is 7.13. The molecule has 1 amide bonds. The lowest BCUT2D eigenvalue weighted by molar-refractivity contribution is -0.138. The molecule has 0 radical (unpaired) electrons. The Morgan fingerprint density at radius 1 is 1.38 bits per heavy atom.